The zero-order valence-electron chi connectivity index (χ0n) is 30.9. The van der Waals surface area contributed by atoms with Crippen molar-refractivity contribution in [3.05, 3.63) is 94.7 Å². The second-order valence-electron chi connectivity index (χ2n) is 13.3. The number of rotatable bonds is 25. The Bertz CT molecular complexity index is 1600. The molecular weight excluding hydrogens is 662 g/mol. The van der Waals surface area contributed by atoms with E-state index < -0.39 is 12.2 Å². The topological polar surface area (TPSA) is 142 Å². The van der Waals surface area contributed by atoms with Crippen LogP contribution in [0.15, 0.2) is 83.5 Å². The number of nitrogens with zero attached hydrogens (tertiary/aromatic N) is 3. The maximum absolute atomic E-state index is 12.7. The lowest BCUT2D eigenvalue weighted by Crippen LogP contribution is -2.25. The molecule has 0 unspecified atom stereocenters. The molecule has 1 heterocycles. The van der Waals surface area contributed by atoms with Crippen molar-refractivity contribution in [2.45, 2.75) is 96.3 Å². The predicted molar refractivity (Wildman–Crippen MR) is 198 cm³/mol. The van der Waals surface area contributed by atoms with E-state index in [9.17, 15) is 19.8 Å². The fourth-order valence-electron chi connectivity index (χ4n) is 6.32. The number of aliphatic hydroxyl groups is 2. The van der Waals surface area contributed by atoms with E-state index in [1.54, 1.807) is 6.92 Å². The summed E-state index contributed by atoms with van der Waals surface area (Å²) in [5.41, 5.74) is 5.08. The van der Waals surface area contributed by atoms with Crippen LogP contribution in [-0.4, -0.2) is 89.6 Å². The molecule has 0 aliphatic heterocycles. The summed E-state index contributed by atoms with van der Waals surface area (Å²) < 4.78 is 23.2. The van der Waals surface area contributed by atoms with Crippen molar-refractivity contribution in [2.24, 2.45) is 0 Å². The van der Waals surface area contributed by atoms with Gasteiger partial charge in [-0.2, -0.15) is 0 Å². The molecule has 282 valence electrons. The quantitative estimate of drug-likeness (QED) is 0.0796. The number of hydrogen-bond acceptors (Lipinski definition) is 10. The molecule has 3 aromatic rings. The second kappa shape index (κ2) is 22.0. The average Bonchev–Trinajstić information content (AvgIpc) is 3.60. The van der Waals surface area contributed by atoms with Gasteiger partial charge in [0.05, 0.1) is 58.5 Å². The maximum atomic E-state index is 12.7. The Hall–Kier alpha value is -4.16. The van der Waals surface area contributed by atoms with Gasteiger partial charge in [0.2, 0.25) is 23.1 Å². The third kappa shape index (κ3) is 12.8. The lowest BCUT2D eigenvalue weighted by Gasteiger charge is -2.20. The zero-order chi connectivity index (χ0) is 37.1. The first-order valence-corrected chi connectivity index (χ1v) is 18.5. The Labute approximate surface area is 307 Å². The minimum Gasteiger partial charge on any atom is -0.489 e. The monoisotopic (exact) mass is 717 g/mol. The number of unbranched alkanes of at least 4 members (excludes halogenated alkanes) is 7. The fourth-order valence-corrected chi connectivity index (χ4v) is 6.32. The number of aliphatic hydroxyl groups excluding tert-OH is 2. The summed E-state index contributed by atoms with van der Waals surface area (Å²) in [7, 11) is 2.76. The minimum atomic E-state index is -0.691. The largest absolute Gasteiger partial charge is 0.489 e. The van der Waals surface area contributed by atoms with Gasteiger partial charge in [-0.15, -0.1) is 5.10 Å². The normalized spacial score (nSPS) is 14.6. The molecule has 11 heteroatoms. The van der Waals surface area contributed by atoms with Crippen molar-refractivity contribution in [2.75, 3.05) is 40.6 Å². The van der Waals surface area contributed by atoms with Gasteiger partial charge < -0.3 is 29.2 Å². The summed E-state index contributed by atoms with van der Waals surface area (Å²) in [4.78, 5) is 25.3. The van der Waals surface area contributed by atoms with Crippen molar-refractivity contribution in [1.82, 2.24) is 15.0 Å². The summed E-state index contributed by atoms with van der Waals surface area (Å²) in [5, 5.41) is 29.1. The number of benzene rings is 2. The molecule has 2 N–H and O–H groups in total. The molecule has 0 saturated heterocycles. The van der Waals surface area contributed by atoms with Gasteiger partial charge in [0.15, 0.2) is 0 Å². The van der Waals surface area contributed by atoms with E-state index >= 15 is 0 Å². The van der Waals surface area contributed by atoms with Gasteiger partial charge in [0.1, 0.15) is 0 Å². The van der Waals surface area contributed by atoms with Crippen molar-refractivity contribution in [1.29, 1.82) is 0 Å². The molecule has 2 aromatic carbocycles. The highest BCUT2D eigenvalue weighted by Gasteiger charge is 2.34. The minimum absolute atomic E-state index is 0.00235. The summed E-state index contributed by atoms with van der Waals surface area (Å²) in [6.07, 6.45) is 10.5. The van der Waals surface area contributed by atoms with E-state index in [1.807, 2.05) is 41.2 Å². The van der Waals surface area contributed by atoms with Crippen LogP contribution in [0.5, 0.6) is 0 Å². The molecule has 1 aromatic heterocycles. The molecule has 0 radical (unpaired) electrons. The number of carbonyl (C=O) groups excluding carboxylic acids is 2. The van der Waals surface area contributed by atoms with Crippen LogP contribution in [0.4, 0.5) is 0 Å². The van der Waals surface area contributed by atoms with Crippen LogP contribution in [0.3, 0.4) is 0 Å². The van der Waals surface area contributed by atoms with E-state index in [0.29, 0.717) is 43.6 Å². The molecule has 2 atom stereocenters. The lowest BCUT2D eigenvalue weighted by molar-refractivity contribution is -0.121. The highest BCUT2D eigenvalue weighted by Crippen LogP contribution is 2.29. The molecule has 4 rings (SSSR count). The first kappa shape index (κ1) is 40.6. The van der Waals surface area contributed by atoms with Gasteiger partial charge in [-0.1, -0.05) is 98.3 Å². The third-order valence-electron chi connectivity index (χ3n) is 9.21. The number of aromatic nitrogens is 3. The Balaban J connectivity index is 0.970. The standard InChI is InChI=1S/C41H55N3O8/c1-30-37(39(48)41(50-3)40(49-2)38(30)47)17-13-8-6-4-5-7-9-14-22-44-27-34(42-43-44)26-36(46)29-52-24-23-51-28-35(45)25-31-18-20-33(21-19-31)32-15-11-10-12-16-32/h10-12,15-16,18-21,27,35-36,45-46H,4-9,13-14,17,22-26,28-29H2,1-3H3/t35-,36-/m0/s1. The Morgan fingerprint density at radius 3 is 1.88 bits per heavy atom. The van der Waals surface area contributed by atoms with Crippen molar-refractivity contribution >= 4 is 11.6 Å². The number of hydrogen-bond donors (Lipinski definition) is 2. The van der Waals surface area contributed by atoms with Gasteiger partial charge in [0, 0.05) is 36.7 Å². The van der Waals surface area contributed by atoms with E-state index in [-0.39, 0.29) is 36.3 Å². The third-order valence-corrected chi connectivity index (χ3v) is 9.21. The lowest BCUT2D eigenvalue weighted by atomic mass is 9.89. The van der Waals surface area contributed by atoms with Crippen LogP contribution in [0.2, 0.25) is 0 Å². The Morgan fingerprint density at radius 1 is 0.692 bits per heavy atom. The molecule has 0 bridgehead atoms. The van der Waals surface area contributed by atoms with Crippen molar-refractivity contribution in [3.8, 4) is 11.1 Å². The molecular formula is C41H55N3O8. The summed E-state index contributed by atoms with van der Waals surface area (Å²) in [6, 6.07) is 18.4. The van der Waals surface area contributed by atoms with Crippen molar-refractivity contribution < 1.29 is 38.7 Å². The molecule has 1 aliphatic carbocycles. The number of aryl methyl sites for hydroxylation is 1. The number of carbonyl (C=O) groups is 2. The number of Topliss-reactive ketones (excluding diaryl/α,β-unsaturated/α-hetero) is 2. The van der Waals surface area contributed by atoms with Crippen LogP contribution < -0.4 is 0 Å². The van der Waals surface area contributed by atoms with Crippen LogP contribution in [0.1, 0.15) is 76.0 Å². The van der Waals surface area contributed by atoms with Crippen LogP contribution in [0, 0.1) is 0 Å². The summed E-state index contributed by atoms with van der Waals surface area (Å²) in [6.45, 7) is 3.51. The SMILES string of the molecule is COC1=C(OC)C(=O)C(CCCCCCCCCCn2cc(C[C@H](O)COCCOC[C@@H](O)Cc3ccc(-c4ccccc4)cc3)nn2)=C(C)C1=O. The zero-order valence-corrected chi connectivity index (χ0v) is 30.9. The molecule has 0 saturated carbocycles. The van der Waals surface area contributed by atoms with Gasteiger partial charge in [-0.25, -0.2) is 0 Å². The summed E-state index contributed by atoms with van der Waals surface area (Å²) >= 11 is 0. The first-order chi connectivity index (χ1) is 25.3. The van der Waals surface area contributed by atoms with E-state index in [4.69, 9.17) is 18.9 Å². The van der Waals surface area contributed by atoms with Gasteiger partial charge in [-0.3, -0.25) is 14.3 Å². The number of allylic oxidation sites excluding steroid dienone is 2. The molecule has 0 amide bonds. The predicted octanol–water partition coefficient (Wildman–Crippen LogP) is 5.97. The smallest absolute Gasteiger partial charge is 0.228 e. The van der Waals surface area contributed by atoms with E-state index in [1.165, 1.54) is 14.2 Å². The summed E-state index contributed by atoms with van der Waals surface area (Å²) in [5.74, 6) is -0.529. The van der Waals surface area contributed by atoms with Gasteiger partial charge in [0.25, 0.3) is 0 Å². The second-order valence-corrected chi connectivity index (χ2v) is 13.3. The van der Waals surface area contributed by atoms with Crippen LogP contribution >= 0.6 is 0 Å². The Kier molecular flexibility index (Phi) is 17.2. The highest BCUT2D eigenvalue weighted by molar-refractivity contribution is 6.23. The first-order valence-electron chi connectivity index (χ1n) is 18.5. The van der Waals surface area contributed by atoms with E-state index in [0.717, 1.165) is 80.3 Å². The number of ether oxygens (including phenoxy) is 4. The van der Waals surface area contributed by atoms with Crippen LogP contribution in [0.25, 0.3) is 11.1 Å². The molecule has 1 aliphatic rings. The number of methoxy groups -OCH3 is 2. The van der Waals surface area contributed by atoms with Gasteiger partial charge in [-0.05, 0) is 42.9 Å². The van der Waals surface area contributed by atoms with Crippen LogP contribution in [-0.2, 0) is 47.9 Å². The number of ketones is 2. The molecule has 0 spiro atoms. The fraction of sp³-hybridized carbons (Fsp3) is 0.512. The maximum Gasteiger partial charge on any atom is 0.228 e. The van der Waals surface area contributed by atoms with Crippen molar-refractivity contribution in [3.63, 3.8) is 0 Å². The Morgan fingerprint density at radius 2 is 1.25 bits per heavy atom. The average molecular weight is 718 g/mol. The molecule has 0 fully saturated rings. The molecule has 11 nitrogen and oxygen atoms in total. The molecule has 52 heavy (non-hydrogen) atoms. The highest BCUT2D eigenvalue weighted by atomic mass is 16.5. The van der Waals surface area contributed by atoms with E-state index in [2.05, 4.69) is 34.6 Å². The van der Waals surface area contributed by atoms with Gasteiger partial charge >= 0.3 is 0 Å².